The van der Waals surface area contributed by atoms with E-state index in [1.165, 1.54) is 6.42 Å². The number of nitrogens with zero attached hydrogens (tertiary/aromatic N) is 5. The van der Waals surface area contributed by atoms with Crippen LogP contribution in [0.3, 0.4) is 0 Å². The number of aromatic nitrogens is 4. The summed E-state index contributed by atoms with van der Waals surface area (Å²) in [6, 6.07) is 9.78. The zero-order chi connectivity index (χ0) is 20.5. The fourth-order valence-electron chi connectivity index (χ4n) is 4.36. The Morgan fingerprint density at radius 2 is 1.90 bits per heavy atom. The molecule has 3 aromatic rings. The van der Waals surface area contributed by atoms with Gasteiger partial charge in [-0.25, -0.2) is 4.68 Å². The van der Waals surface area contributed by atoms with E-state index in [1.807, 2.05) is 30.3 Å². The topological polar surface area (TPSA) is 103 Å². The van der Waals surface area contributed by atoms with Gasteiger partial charge < -0.3 is 10.2 Å². The van der Waals surface area contributed by atoms with Crippen molar-refractivity contribution in [1.82, 2.24) is 24.9 Å². The lowest BCUT2D eigenvalue weighted by molar-refractivity contribution is 0.0997. The van der Waals surface area contributed by atoms with Crippen molar-refractivity contribution in [1.29, 1.82) is 0 Å². The molecule has 1 aliphatic carbocycles. The first-order chi connectivity index (χ1) is 14.7. The third kappa shape index (κ3) is 3.75. The number of nitrogens with two attached hydrogens (primary N) is 1. The van der Waals surface area contributed by atoms with Gasteiger partial charge in [0, 0.05) is 24.6 Å². The van der Waals surface area contributed by atoms with Crippen LogP contribution in [0, 0.1) is 0 Å². The molecule has 2 fully saturated rings. The van der Waals surface area contributed by atoms with Crippen molar-refractivity contribution in [3.63, 3.8) is 0 Å². The second-order valence-corrected chi connectivity index (χ2v) is 8.31. The van der Waals surface area contributed by atoms with Crippen LogP contribution in [0.1, 0.15) is 71.8 Å². The molecule has 1 aliphatic heterocycles. The maximum absolute atomic E-state index is 12.1. The standard InChI is InChI=1S/C22H26N6O2/c23-21(29)18-13-28(17-9-2-1-3-10-17)26-20(18)16-8-5-11-27(12-16)14-19-24-25-22(30-19)15-6-4-7-15/h1-3,9-10,13,15-16H,4-8,11-12,14H2,(H2,23,29)/t16-/m0/s1. The molecule has 30 heavy (non-hydrogen) atoms. The van der Waals surface area contributed by atoms with Crippen LogP contribution >= 0.6 is 0 Å². The van der Waals surface area contributed by atoms with Gasteiger partial charge >= 0.3 is 0 Å². The van der Waals surface area contributed by atoms with Gasteiger partial charge in [-0.15, -0.1) is 10.2 Å². The fraction of sp³-hybridized carbons (Fsp3) is 0.455. The first-order valence-corrected chi connectivity index (χ1v) is 10.7. The summed E-state index contributed by atoms with van der Waals surface area (Å²) < 4.78 is 7.64. The molecule has 1 amide bonds. The molecular formula is C22H26N6O2. The Morgan fingerprint density at radius 3 is 2.63 bits per heavy atom. The fourth-order valence-corrected chi connectivity index (χ4v) is 4.36. The molecule has 1 atom stereocenters. The molecule has 156 valence electrons. The molecule has 2 aromatic heterocycles. The number of hydrogen-bond donors (Lipinski definition) is 1. The van der Waals surface area contributed by atoms with Gasteiger partial charge in [-0.05, 0) is 44.4 Å². The van der Waals surface area contributed by atoms with Crippen LogP contribution in [0.4, 0.5) is 0 Å². The van der Waals surface area contributed by atoms with E-state index < -0.39 is 5.91 Å². The highest BCUT2D eigenvalue weighted by molar-refractivity contribution is 5.94. The SMILES string of the molecule is NC(=O)c1cn(-c2ccccc2)nc1[C@H]1CCCN(Cc2nnc(C3CCC3)o2)C1. The second-order valence-electron chi connectivity index (χ2n) is 8.31. The minimum atomic E-state index is -0.439. The van der Waals surface area contributed by atoms with E-state index in [0.29, 0.717) is 23.9 Å². The van der Waals surface area contributed by atoms with Crippen molar-refractivity contribution in [3.05, 3.63) is 59.6 Å². The lowest BCUT2D eigenvalue weighted by Gasteiger charge is -2.31. The smallest absolute Gasteiger partial charge is 0.252 e. The molecule has 5 rings (SSSR count). The number of carbonyl (C=O) groups is 1. The Labute approximate surface area is 175 Å². The van der Waals surface area contributed by atoms with Gasteiger partial charge in [0.2, 0.25) is 11.8 Å². The Morgan fingerprint density at radius 1 is 1.10 bits per heavy atom. The average Bonchev–Trinajstić information content (AvgIpc) is 3.35. The van der Waals surface area contributed by atoms with Crippen molar-refractivity contribution in [2.24, 2.45) is 5.73 Å². The lowest BCUT2D eigenvalue weighted by atomic mass is 9.85. The molecule has 0 spiro atoms. The highest BCUT2D eigenvalue weighted by Crippen LogP contribution is 2.35. The van der Waals surface area contributed by atoms with Crippen LogP contribution in [0.5, 0.6) is 0 Å². The molecule has 1 saturated carbocycles. The molecule has 0 bridgehead atoms. The van der Waals surface area contributed by atoms with E-state index in [9.17, 15) is 4.79 Å². The third-order valence-corrected chi connectivity index (χ3v) is 6.22. The predicted molar refractivity (Wildman–Crippen MR) is 110 cm³/mol. The van der Waals surface area contributed by atoms with Gasteiger partial charge in [-0.1, -0.05) is 24.6 Å². The van der Waals surface area contributed by atoms with Gasteiger partial charge in [0.1, 0.15) is 0 Å². The Bertz CT molecular complexity index is 1020. The summed E-state index contributed by atoms with van der Waals surface area (Å²) >= 11 is 0. The predicted octanol–water partition coefficient (Wildman–Crippen LogP) is 3.00. The highest BCUT2D eigenvalue weighted by Gasteiger charge is 2.29. The third-order valence-electron chi connectivity index (χ3n) is 6.22. The molecule has 0 radical (unpaired) electrons. The van der Waals surface area contributed by atoms with E-state index in [0.717, 1.165) is 56.0 Å². The van der Waals surface area contributed by atoms with E-state index in [4.69, 9.17) is 15.2 Å². The molecular weight excluding hydrogens is 380 g/mol. The summed E-state index contributed by atoms with van der Waals surface area (Å²) in [6.07, 6.45) is 7.27. The summed E-state index contributed by atoms with van der Waals surface area (Å²) in [4.78, 5) is 14.4. The normalized spacial score (nSPS) is 20.2. The summed E-state index contributed by atoms with van der Waals surface area (Å²) in [5.41, 5.74) is 7.86. The molecule has 2 N–H and O–H groups in total. The molecule has 8 nitrogen and oxygen atoms in total. The summed E-state index contributed by atoms with van der Waals surface area (Å²) in [5, 5.41) is 13.2. The lowest BCUT2D eigenvalue weighted by Crippen LogP contribution is -2.34. The van der Waals surface area contributed by atoms with Gasteiger partial charge in [0.05, 0.1) is 23.5 Å². The van der Waals surface area contributed by atoms with Crippen molar-refractivity contribution in [2.45, 2.75) is 50.5 Å². The van der Waals surface area contributed by atoms with Crippen molar-refractivity contribution in [2.75, 3.05) is 13.1 Å². The first kappa shape index (κ1) is 19.0. The Hall–Kier alpha value is -3.00. The van der Waals surface area contributed by atoms with E-state index in [-0.39, 0.29) is 5.92 Å². The summed E-state index contributed by atoms with van der Waals surface area (Å²) in [5.74, 6) is 1.59. The number of benzene rings is 1. The van der Waals surface area contributed by atoms with E-state index in [2.05, 4.69) is 15.1 Å². The van der Waals surface area contributed by atoms with Crippen molar-refractivity contribution >= 4 is 5.91 Å². The number of para-hydroxylation sites is 1. The van der Waals surface area contributed by atoms with Gasteiger partial charge in [0.25, 0.3) is 5.91 Å². The van der Waals surface area contributed by atoms with Crippen LogP contribution < -0.4 is 5.73 Å². The van der Waals surface area contributed by atoms with Crippen LogP contribution in [0.25, 0.3) is 5.69 Å². The first-order valence-electron chi connectivity index (χ1n) is 10.7. The number of rotatable bonds is 6. The molecule has 3 heterocycles. The minimum Gasteiger partial charge on any atom is -0.424 e. The molecule has 0 unspecified atom stereocenters. The molecule has 2 aliphatic rings. The van der Waals surface area contributed by atoms with Gasteiger partial charge in [-0.3, -0.25) is 9.69 Å². The number of carbonyl (C=O) groups excluding carboxylic acids is 1. The minimum absolute atomic E-state index is 0.139. The molecule has 8 heteroatoms. The van der Waals surface area contributed by atoms with Crippen LogP contribution in [-0.2, 0) is 6.54 Å². The van der Waals surface area contributed by atoms with Crippen LogP contribution in [-0.4, -0.2) is 43.9 Å². The quantitative estimate of drug-likeness (QED) is 0.675. The summed E-state index contributed by atoms with van der Waals surface area (Å²) in [7, 11) is 0. The summed E-state index contributed by atoms with van der Waals surface area (Å²) in [6.45, 7) is 2.37. The second kappa shape index (κ2) is 8.02. The number of amides is 1. The van der Waals surface area contributed by atoms with Crippen LogP contribution in [0.2, 0.25) is 0 Å². The Kier molecular flexibility index (Phi) is 5.08. The average molecular weight is 406 g/mol. The van der Waals surface area contributed by atoms with Crippen LogP contribution in [0.15, 0.2) is 40.9 Å². The highest BCUT2D eigenvalue weighted by atomic mass is 16.4. The maximum atomic E-state index is 12.1. The zero-order valence-corrected chi connectivity index (χ0v) is 16.9. The molecule has 1 saturated heterocycles. The number of hydrogen-bond acceptors (Lipinski definition) is 6. The number of piperidine rings is 1. The molecule has 1 aromatic carbocycles. The zero-order valence-electron chi connectivity index (χ0n) is 16.9. The van der Waals surface area contributed by atoms with Gasteiger partial charge in [-0.2, -0.15) is 5.10 Å². The van der Waals surface area contributed by atoms with Crippen molar-refractivity contribution in [3.8, 4) is 5.69 Å². The van der Waals surface area contributed by atoms with Gasteiger partial charge in [0.15, 0.2) is 0 Å². The van der Waals surface area contributed by atoms with Crippen molar-refractivity contribution < 1.29 is 9.21 Å². The van der Waals surface area contributed by atoms with E-state index in [1.54, 1.807) is 10.9 Å². The largest absolute Gasteiger partial charge is 0.424 e. The number of primary amides is 1. The Balaban J connectivity index is 1.33. The number of likely N-dealkylation sites (tertiary alicyclic amines) is 1. The monoisotopic (exact) mass is 406 g/mol. The maximum Gasteiger partial charge on any atom is 0.252 e. The van der Waals surface area contributed by atoms with E-state index >= 15 is 0 Å².